The molecule has 2 aliphatic heterocycles. The van der Waals surface area contributed by atoms with Gasteiger partial charge in [0.05, 0.1) is 13.2 Å². The van der Waals surface area contributed by atoms with Crippen LogP contribution in [0.5, 0.6) is 11.5 Å². The monoisotopic (exact) mass is 261 g/mol. The van der Waals surface area contributed by atoms with Crippen LogP contribution in [0.1, 0.15) is 29.6 Å². The second kappa shape index (κ2) is 5.61. The molecular weight excluding hydrogens is 242 g/mol. The Hall–Kier alpha value is -1.55. The van der Waals surface area contributed by atoms with E-state index < -0.39 is 0 Å². The number of benzene rings is 1. The number of ketones is 1. The van der Waals surface area contributed by atoms with Gasteiger partial charge in [-0.1, -0.05) is 0 Å². The summed E-state index contributed by atoms with van der Waals surface area (Å²) in [4.78, 5) is 12.2. The van der Waals surface area contributed by atoms with Crippen molar-refractivity contribution in [2.24, 2.45) is 5.92 Å². The minimum Gasteiger partial charge on any atom is -0.490 e. The quantitative estimate of drug-likeness (QED) is 0.846. The number of nitrogens with one attached hydrogen (secondary N) is 1. The predicted molar refractivity (Wildman–Crippen MR) is 72.0 cm³/mol. The van der Waals surface area contributed by atoms with E-state index in [1.807, 2.05) is 18.2 Å². The van der Waals surface area contributed by atoms with Crippen molar-refractivity contribution in [2.45, 2.75) is 19.3 Å². The summed E-state index contributed by atoms with van der Waals surface area (Å²) in [5, 5.41) is 3.29. The van der Waals surface area contributed by atoms with Gasteiger partial charge >= 0.3 is 0 Å². The van der Waals surface area contributed by atoms with Crippen molar-refractivity contribution in [1.82, 2.24) is 5.32 Å². The number of ether oxygens (including phenoxy) is 2. The first kappa shape index (κ1) is 12.5. The molecule has 0 spiro atoms. The Kier molecular flexibility index (Phi) is 3.69. The first-order valence-corrected chi connectivity index (χ1v) is 6.96. The molecule has 4 heteroatoms. The van der Waals surface area contributed by atoms with Crippen LogP contribution in [0.15, 0.2) is 18.2 Å². The smallest absolute Gasteiger partial charge is 0.163 e. The number of Topliss-reactive ketones (excluding diaryl/α,β-unsaturated/α-hetero) is 1. The van der Waals surface area contributed by atoms with Crippen LogP contribution in [0, 0.1) is 5.92 Å². The van der Waals surface area contributed by atoms with Gasteiger partial charge in [0.25, 0.3) is 0 Å². The van der Waals surface area contributed by atoms with E-state index in [1.54, 1.807) is 0 Å². The minimum atomic E-state index is 0.198. The topological polar surface area (TPSA) is 47.6 Å². The van der Waals surface area contributed by atoms with Gasteiger partial charge in [0, 0.05) is 18.4 Å². The minimum absolute atomic E-state index is 0.198. The van der Waals surface area contributed by atoms with Gasteiger partial charge in [-0.2, -0.15) is 0 Å². The summed E-state index contributed by atoms with van der Waals surface area (Å²) in [6, 6.07) is 5.52. The molecule has 1 fully saturated rings. The van der Waals surface area contributed by atoms with Crippen LogP contribution in [0.4, 0.5) is 0 Å². The molecule has 2 aliphatic rings. The average Bonchev–Trinajstić information content (AvgIpc) is 2.81. The molecule has 2 heterocycles. The maximum absolute atomic E-state index is 12.2. The van der Waals surface area contributed by atoms with E-state index >= 15 is 0 Å². The van der Waals surface area contributed by atoms with E-state index in [9.17, 15) is 4.79 Å². The Morgan fingerprint density at radius 2 is 2.11 bits per heavy atom. The van der Waals surface area contributed by atoms with Crippen LogP contribution >= 0.6 is 0 Å². The van der Waals surface area contributed by atoms with Crippen molar-refractivity contribution in [3.63, 3.8) is 0 Å². The molecule has 1 saturated heterocycles. The highest BCUT2D eigenvalue weighted by molar-refractivity contribution is 5.96. The van der Waals surface area contributed by atoms with Crippen LogP contribution < -0.4 is 14.8 Å². The number of hydrogen-bond acceptors (Lipinski definition) is 4. The molecule has 0 bridgehead atoms. The molecule has 1 atom stereocenters. The molecule has 0 radical (unpaired) electrons. The van der Waals surface area contributed by atoms with Crippen LogP contribution in [0.2, 0.25) is 0 Å². The third-order valence-electron chi connectivity index (χ3n) is 3.71. The Morgan fingerprint density at radius 3 is 2.89 bits per heavy atom. The zero-order valence-corrected chi connectivity index (χ0v) is 11.0. The second-order valence-corrected chi connectivity index (χ2v) is 5.20. The maximum Gasteiger partial charge on any atom is 0.163 e. The van der Waals surface area contributed by atoms with Gasteiger partial charge in [-0.25, -0.2) is 0 Å². The third kappa shape index (κ3) is 2.89. The fourth-order valence-electron chi connectivity index (χ4n) is 2.61. The summed E-state index contributed by atoms with van der Waals surface area (Å²) in [7, 11) is 0. The van der Waals surface area contributed by atoms with Crippen molar-refractivity contribution < 1.29 is 14.3 Å². The van der Waals surface area contributed by atoms with Gasteiger partial charge in [0.2, 0.25) is 0 Å². The van der Waals surface area contributed by atoms with E-state index in [4.69, 9.17) is 9.47 Å². The third-order valence-corrected chi connectivity index (χ3v) is 3.71. The molecule has 1 aromatic carbocycles. The molecule has 1 unspecified atom stereocenters. The Morgan fingerprint density at radius 1 is 1.26 bits per heavy atom. The van der Waals surface area contributed by atoms with Gasteiger partial charge in [-0.3, -0.25) is 4.79 Å². The molecule has 102 valence electrons. The summed E-state index contributed by atoms with van der Waals surface area (Å²) < 4.78 is 11.2. The molecule has 1 aromatic rings. The maximum atomic E-state index is 12.2. The lowest BCUT2D eigenvalue weighted by Gasteiger charge is -2.10. The van der Waals surface area contributed by atoms with E-state index in [-0.39, 0.29) is 5.78 Å². The molecule has 1 N–H and O–H groups in total. The molecule has 0 aliphatic carbocycles. The van der Waals surface area contributed by atoms with Crippen molar-refractivity contribution in [2.75, 3.05) is 26.3 Å². The highest BCUT2D eigenvalue weighted by atomic mass is 16.5. The Labute approximate surface area is 113 Å². The zero-order chi connectivity index (χ0) is 13.1. The summed E-state index contributed by atoms with van der Waals surface area (Å²) in [6.07, 6.45) is 2.59. The van der Waals surface area contributed by atoms with Crippen molar-refractivity contribution in [3.8, 4) is 11.5 Å². The van der Waals surface area contributed by atoms with Crippen molar-refractivity contribution in [1.29, 1.82) is 0 Å². The standard InChI is InChI=1S/C15H19NO3/c17-13(8-11-4-5-16-10-11)12-2-3-14-15(9-12)19-7-1-6-18-14/h2-3,9,11,16H,1,4-8,10H2. The van der Waals surface area contributed by atoms with Crippen molar-refractivity contribution >= 4 is 5.78 Å². The van der Waals surface area contributed by atoms with Crippen LogP contribution in [-0.2, 0) is 0 Å². The van der Waals surface area contributed by atoms with Gasteiger partial charge in [-0.05, 0) is 43.6 Å². The summed E-state index contributed by atoms with van der Waals surface area (Å²) in [5.74, 6) is 2.12. The first-order chi connectivity index (χ1) is 9.33. The van der Waals surface area contributed by atoms with Gasteiger partial charge in [0.15, 0.2) is 17.3 Å². The molecule has 4 nitrogen and oxygen atoms in total. The van der Waals surface area contributed by atoms with Gasteiger partial charge in [0.1, 0.15) is 0 Å². The molecule has 0 aromatic heterocycles. The van der Waals surface area contributed by atoms with Gasteiger partial charge in [-0.15, -0.1) is 0 Å². The Balaban J connectivity index is 1.73. The van der Waals surface area contributed by atoms with E-state index in [1.165, 1.54) is 0 Å². The van der Waals surface area contributed by atoms with Crippen molar-refractivity contribution in [3.05, 3.63) is 23.8 Å². The lowest BCUT2D eigenvalue weighted by Crippen LogP contribution is -2.13. The fourth-order valence-corrected chi connectivity index (χ4v) is 2.61. The number of fused-ring (bicyclic) bond motifs is 1. The highest BCUT2D eigenvalue weighted by Gasteiger charge is 2.20. The summed E-state index contributed by atoms with van der Waals surface area (Å²) in [6.45, 7) is 3.31. The van der Waals surface area contributed by atoms with Crippen LogP contribution in [-0.4, -0.2) is 32.1 Å². The number of hydrogen-bond donors (Lipinski definition) is 1. The Bertz CT molecular complexity index is 466. The highest BCUT2D eigenvalue weighted by Crippen LogP contribution is 2.31. The fraction of sp³-hybridized carbons (Fsp3) is 0.533. The lowest BCUT2D eigenvalue weighted by molar-refractivity contribution is 0.0964. The van der Waals surface area contributed by atoms with Crippen LogP contribution in [0.3, 0.4) is 0 Å². The SMILES string of the molecule is O=C(CC1CCNC1)c1ccc2c(c1)OCCCO2. The zero-order valence-electron chi connectivity index (χ0n) is 11.0. The molecule has 19 heavy (non-hydrogen) atoms. The second-order valence-electron chi connectivity index (χ2n) is 5.20. The lowest BCUT2D eigenvalue weighted by atomic mass is 9.97. The largest absolute Gasteiger partial charge is 0.490 e. The average molecular weight is 261 g/mol. The number of carbonyl (C=O) groups is 1. The predicted octanol–water partition coefficient (Wildman–Crippen LogP) is 2.03. The van der Waals surface area contributed by atoms with E-state index in [0.717, 1.165) is 37.2 Å². The molecule has 0 saturated carbocycles. The van der Waals surface area contributed by atoms with E-state index in [2.05, 4.69) is 5.32 Å². The van der Waals surface area contributed by atoms with E-state index in [0.29, 0.717) is 31.3 Å². The molecule has 0 amide bonds. The van der Waals surface area contributed by atoms with Crippen LogP contribution in [0.25, 0.3) is 0 Å². The van der Waals surface area contributed by atoms with Gasteiger partial charge < -0.3 is 14.8 Å². The number of rotatable bonds is 3. The number of carbonyl (C=O) groups excluding carboxylic acids is 1. The first-order valence-electron chi connectivity index (χ1n) is 6.96. The molecule has 3 rings (SSSR count). The summed E-state index contributed by atoms with van der Waals surface area (Å²) in [5.41, 5.74) is 0.733. The summed E-state index contributed by atoms with van der Waals surface area (Å²) >= 11 is 0. The molecular formula is C15H19NO3. The normalized spacial score (nSPS) is 22.0.